The van der Waals surface area contributed by atoms with Gasteiger partial charge in [0.2, 0.25) is 0 Å². The Hall–Kier alpha value is -2.09. The van der Waals surface area contributed by atoms with E-state index in [-0.39, 0.29) is 11.3 Å². The molecule has 2 aromatic rings. The van der Waals surface area contributed by atoms with E-state index in [9.17, 15) is 9.59 Å². The van der Waals surface area contributed by atoms with Crippen molar-refractivity contribution in [1.82, 2.24) is 19.7 Å². The highest BCUT2D eigenvalue weighted by molar-refractivity contribution is 7.99. The number of nitrogens with zero attached hydrogens (tertiary/aromatic N) is 3. The molecule has 0 unspecified atom stereocenters. The minimum absolute atomic E-state index is 0.0843. The van der Waals surface area contributed by atoms with Crippen LogP contribution in [0.1, 0.15) is 16.1 Å². The molecule has 0 atom stereocenters. The fourth-order valence-electron chi connectivity index (χ4n) is 1.28. The Bertz CT molecular complexity index is 661. The van der Waals surface area contributed by atoms with Gasteiger partial charge < -0.3 is 5.11 Å². The van der Waals surface area contributed by atoms with Gasteiger partial charge in [-0.15, -0.1) is 5.10 Å². The molecule has 0 radical (unpaired) electrons. The van der Waals surface area contributed by atoms with Crippen molar-refractivity contribution in [3.63, 3.8) is 0 Å². The molecule has 2 rings (SSSR count). The van der Waals surface area contributed by atoms with Gasteiger partial charge >= 0.3 is 11.7 Å². The summed E-state index contributed by atoms with van der Waals surface area (Å²) in [4.78, 5) is 26.4. The van der Waals surface area contributed by atoms with Gasteiger partial charge in [-0.1, -0.05) is 0 Å². The molecule has 7 nitrogen and oxygen atoms in total. The molecule has 8 heteroatoms. The zero-order valence-corrected chi connectivity index (χ0v) is 10.5. The molecule has 2 heterocycles. The Kier molecular flexibility index (Phi) is 3.19. The first kappa shape index (κ1) is 12.4. The maximum Gasteiger partial charge on any atom is 0.343 e. The molecule has 18 heavy (non-hydrogen) atoms. The monoisotopic (exact) mass is 266 g/mol. The van der Waals surface area contributed by atoms with Crippen LogP contribution in [0, 0.1) is 6.92 Å². The average molecular weight is 266 g/mol. The van der Waals surface area contributed by atoms with Gasteiger partial charge in [0.05, 0.1) is 5.56 Å². The van der Waals surface area contributed by atoms with Crippen molar-refractivity contribution in [2.45, 2.75) is 17.1 Å². The summed E-state index contributed by atoms with van der Waals surface area (Å²) in [7, 11) is 1.55. The Morgan fingerprint density at radius 2 is 2.22 bits per heavy atom. The number of rotatable bonds is 3. The van der Waals surface area contributed by atoms with Gasteiger partial charge in [0.1, 0.15) is 5.03 Å². The number of aromatic carboxylic acids is 1. The number of aromatic amines is 1. The molecule has 94 valence electrons. The van der Waals surface area contributed by atoms with E-state index in [2.05, 4.69) is 15.2 Å². The number of hydrogen-bond acceptors (Lipinski definition) is 5. The van der Waals surface area contributed by atoms with Crippen LogP contribution >= 0.6 is 11.8 Å². The van der Waals surface area contributed by atoms with Crippen LogP contribution in [0.2, 0.25) is 0 Å². The van der Waals surface area contributed by atoms with Crippen molar-refractivity contribution in [3.05, 3.63) is 33.9 Å². The summed E-state index contributed by atoms with van der Waals surface area (Å²) in [5, 5.41) is 15.8. The first-order chi connectivity index (χ1) is 8.49. The zero-order valence-electron chi connectivity index (χ0n) is 9.67. The van der Waals surface area contributed by atoms with E-state index in [0.29, 0.717) is 15.9 Å². The van der Waals surface area contributed by atoms with Gasteiger partial charge in [-0.3, -0.25) is 4.57 Å². The molecule has 0 bridgehead atoms. The number of carboxylic acids is 1. The first-order valence-corrected chi connectivity index (χ1v) is 5.81. The fourth-order valence-corrected chi connectivity index (χ4v) is 2.22. The predicted molar refractivity (Wildman–Crippen MR) is 63.9 cm³/mol. The molecular formula is C10H10N4O3S. The van der Waals surface area contributed by atoms with Crippen molar-refractivity contribution in [3.8, 4) is 0 Å². The number of H-pyrrole nitrogens is 1. The largest absolute Gasteiger partial charge is 0.478 e. The lowest BCUT2D eigenvalue weighted by atomic mass is 10.2. The Balaban J connectivity index is 2.45. The Morgan fingerprint density at radius 3 is 2.78 bits per heavy atom. The van der Waals surface area contributed by atoms with Gasteiger partial charge in [0.25, 0.3) is 0 Å². The van der Waals surface area contributed by atoms with Crippen LogP contribution < -0.4 is 5.69 Å². The van der Waals surface area contributed by atoms with E-state index in [0.717, 1.165) is 11.8 Å². The van der Waals surface area contributed by atoms with Crippen molar-refractivity contribution in [1.29, 1.82) is 0 Å². The SMILES string of the molecule is Cc1ccc(C(=O)O)c(Sc2n[nH]c(=O)n2C)n1. The van der Waals surface area contributed by atoms with Crippen LogP contribution in [0.4, 0.5) is 0 Å². The highest BCUT2D eigenvalue weighted by atomic mass is 32.2. The van der Waals surface area contributed by atoms with E-state index in [4.69, 9.17) is 5.11 Å². The lowest BCUT2D eigenvalue weighted by Gasteiger charge is -2.04. The summed E-state index contributed by atoms with van der Waals surface area (Å²) >= 11 is 1.03. The second-order valence-electron chi connectivity index (χ2n) is 3.58. The van der Waals surface area contributed by atoms with Gasteiger partial charge in [-0.05, 0) is 30.8 Å². The third-order valence-corrected chi connectivity index (χ3v) is 3.31. The molecular weight excluding hydrogens is 256 g/mol. The zero-order chi connectivity index (χ0) is 13.3. The summed E-state index contributed by atoms with van der Waals surface area (Å²) in [6, 6.07) is 3.11. The molecule has 0 fully saturated rings. The predicted octanol–water partition coefficient (Wildman–Crippen LogP) is 0.661. The van der Waals surface area contributed by atoms with Crippen molar-refractivity contribution in [2.24, 2.45) is 7.05 Å². The van der Waals surface area contributed by atoms with E-state index < -0.39 is 5.97 Å². The molecule has 0 aliphatic rings. The van der Waals surface area contributed by atoms with Crippen molar-refractivity contribution < 1.29 is 9.90 Å². The van der Waals surface area contributed by atoms with Crippen molar-refractivity contribution in [2.75, 3.05) is 0 Å². The van der Waals surface area contributed by atoms with Crippen LogP contribution in [0.3, 0.4) is 0 Å². The lowest BCUT2D eigenvalue weighted by Crippen LogP contribution is -2.13. The number of nitrogens with one attached hydrogen (secondary N) is 1. The molecule has 2 aromatic heterocycles. The minimum atomic E-state index is -1.06. The maximum atomic E-state index is 11.2. The minimum Gasteiger partial charge on any atom is -0.478 e. The van der Waals surface area contributed by atoms with Gasteiger partial charge in [0.15, 0.2) is 5.16 Å². The number of carbonyl (C=O) groups is 1. The number of aromatic nitrogens is 4. The normalized spacial score (nSPS) is 10.6. The first-order valence-electron chi connectivity index (χ1n) is 4.99. The maximum absolute atomic E-state index is 11.2. The number of aryl methyl sites for hydroxylation is 1. The summed E-state index contributed by atoms with van der Waals surface area (Å²) in [6.45, 7) is 1.76. The number of hydrogen-bond donors (Lipinski definition) is 2. The molecule has 0 aliphatic heterocycles. The lowest BCUT2D eigenvalue weighted by molar-refractivity contribution is 0.0692. The molecule has 0 aliphatic carbocycles. The highest BCUT2D eigenvalue weighted by Gasteiger charge is 2.15. The fraction of sp³-hybridized carbons (Fsp3) is 0.200. The van der Waals surface area contributed by atoms with E-state index in [1.807, 2.05) is 0 Å². The summed E-state index contributed by atoms with van der Waals surface area (Å²) in [5.74, 6) is -1.06. The summed E-state index contributed by atoms with van der Waals surface area (Å²) < 4.78 is 1.29. The summed E-state index contributed by atoms with van der Waals surface area (Å²) in [5.41, 5.74) is 0.422. The van der Waals surface area contributed by atoms with E-state index >= 15 is 0 Å². The third kappa shape index (κ3) is 2.28. The quantitative estimate of drug-likeness (QED) is 0.846. The highest BCUT2D eigenvalue weighted by Crippen LogP contribution is 2.26. The molecule has 0 saturated carbocycles. The third-order valence-electron chi connectivity index (χ3n) is 2.26. The van der Waals surface area contributed by atoms with E-state index in [1.54, 1.807) is 20.0 Å². The standard InChI is InChI=1S/C10H10N4O3S/c1-5-3-4-6(8(15)16)7(11-5)18-10-13-12-9(17)14(10)2/h3-4H,1-2H3,(H,12,17)(H,15,16). The number of pyridine rings is 1. The average Bonchev–Trinajstić information content (AvgIpc) is 2.61. The van der Waals surface area contributed by atoms with Gasteiger partial charge in [0, 0.05) is 12.7 Å². The second kappa shape index (κ2) is 4.65. The second-order valence-corrected chi connectivity index (χ2v) is 4.54. The van der Waals surface area contributed by atoms with Crippen LogP contribution in [-0.2, 0) is 7.05 Å². The van der Waals surface area contributed by atoms with Gasteiger partial charge in [-0.2, -0.15) is 0 Å². The Morgan fingerprint density at radius 1 is 1.50 bits per heavy atom. The van der Waals surface area contributed by atoms with Crippen LogP contribution in [0.25, 0.3) is 0 Å². The van der Waals surface area contributed by atoms with E-state index in [1.165, 1.54) is 10.6 Å². The Labute approximate surface area is 106 Å². The molecule has 0 aromatic carbocycles. The van der Waals surface area contributed by atoms with Gasteiger partial charge in [-0.25, -0.2) is 19.7 Å². The topological polar surface area (TPSA) is 101 Å². The van der Waals surface area contributed by atoms with Crippen molar-refractivity contribution >= 4 is 17.7 Å². The molecule has 2 N–H and O–H groups in total. The van der Waals surface area contributed by atoms with Crippen LogP contribution in [0.15, 0.2) is 27.1 Å². The molecule has 0 amide bonds. The number of carboxylic acid groups (broad SMARTS) is 1. The van der Waals surface area contributed by atoms with Crippen LogP contribution in [0.5, 0.6) is 0 Å². The smallest absolute Gasteiger partial charge is 0.343 e. The molecule has 0 spiro atoms. The molecule has 0 saturated heterocycles. The van der Waals surface area contributed by atoms with Crippen LogP contribution in [-0.4, -0.2) is 30.8 Å². The summed E-state index contributed by atoms with van der Waals surface area (Å²) in [6.07, 6.45) is 0.